The van der Waals surface area contributed by atoms with Crippen LogP contribution in [0.4, 0.5) is 48.3 Å². The Morgan fingerprint density at radius 2 is 0.620 bits per heavy atom. The Kier molecular flexibility index (Phi) is 114. The molecule has 0 aliphatic rings. The third-order valence-electron chi connectivity index (χ3n) is 9.87. The molecule has 0 unspecified atom stereocenters. The van der Waals surface area contributed by atoms with Gasteiger partial charge in [0.25, 0.3) is 0 Å². The zero-order chi connectivity index (χ0) is 85.9. The zero-order valence-corrected chi connectivity index (χ0v) is 64.9. The van der Waals surface area contributed by atoms with Gasteiger partial charge in [-0.05, 0) is 88.7 Å². The molecule has 6 aromatic heterocycles. The van der Waals surface area contributed by atoms with E-state index in [1.54, 1.807) is 61.2 Å². The minimum atomic E-state index is -4.60. The topological polar surface area (TPSA) is 396 Å². The number of alkyl halides is 9. The smallest absolute Gasteiger partial charge is 0 e. The van der Waals surface area contributed by atoms with Crippen molar-refractivity contribution in [1.82, 2.24) is 29.9 Å². The number of rotatable bonds is 4. The summed E-state index contributed by atoms with van der Waals surface area (Å²) in [5.41, 5.74) is 3.29. The van der Waals surface area contributed by atoms with E-state index in [0.717, 1.165) is 80.8 Å². The van der Waals surface area contributed by atoms with Gasteiger partial charge in [-0.1, -0.05) is 54.6 Å². The van der Waals surface area contributed by atoms with E-state index in [1.807, 2.05) is 48.5 Å². The van der Waals surface area contributed by atoms with E-state index in [-0.39, 0.29) is 63.9 Å². The first kappa shape index (κ1) is 131. The number of hydrogen-bond acceptors (Lipinski definition) is 6. The maximum absolute atomic E-state index is 13.1. The van der Waals surface area contributed by atoms with Crippen LogP contribution in [-0.2, 0) is 170 Å². The van der Waals surface area contributed by atoms with E-state index in [4.69, 9.17) is 93.5 Å². The minimum Gasteiger partial charge on any atom is 0 e. The summed E-state index contributed by atoms with van der Waals surface area (Å²) in [7, 11) is 9.39. The molecule has 0 atom stereocenters. The molecule has 0 saturated heterocycles. The molecule has 0 bridgehead atoms. The molecule has 0 saturated carbocycles. The summed E-state index contributed by atoms with van der Waals surface area (Å²) in [4.78, 5) is 24.3. The normalized spacial score (nSPS) is 7.77. The van der Waals surface area contributed by atoms with Crippen molar-refractivity contribution in [3.8, 4) is 45.0 Å². The molecule has 108 heavy (non-hydrogen) atoms. The average Bonchev–Trinajstić information content (AvgIpc) is 0.775. The second-order valence-electron chi connectivity index (χ2n) is 14.6. The number of nitrogens with zero attached hydrogens (tertiary/aromatic N) is 6. The molecule has 0 aliphatic heterocycles. The van der Waals surface area contributed by atoms with E-state index < -0.39 is 35.2 Å². The Hall–Kier alpha value is -9.40. The van der Waals surface area contributed by atoms with Crippen LogP contribution in [0.25, 0.3) is 66.8 Å². The summed E-state index contributed by atoms with van der Waals surface area (Å²) in [5, 5.41) is 2.09. The Morgan fingerprint density at radius 1 is 0.296 bits per heavy atom. The molecular weight excluding hydrogens is 2190 g/mol. The van der Waals surface area contributed by atoms with Gasteiger partial charge in [0, 0.05) is 94.6 Å². The van der Waals surface area contributed by atoms with Crippen molar-refractivity contribution in [3.05, 3.63) is 336 Å². The Bertz CT molecular complexity index is 3960. The van der Waals surface area contributed by atoms with Crippen molar-refractivity contribution in [1.29, 1.82) is 0 Å². The molecule has 10 aromatic rings. The molecule has 0 spiro atoms. The first-order valence-electron chi connectivity index (χ1n) is 24.0. The molecule has 0 N–H and O–H groups in total. The van der Waals surface area contributed by atoms with Crippen LogP contribution in [0.2, 0.25) is 0 Å². The van der Waals surface area contributed by atoms with Crippen molar-refractivity contribution in [2.24, 2.45) is 0 Å². The molecule has 4 aromatic carbocycles. The summed E-state index contributed by atoms with van der Waals surface area (Å²) >= 11 is 2.39. The summed E-state index contributed by atoms with van der Waals surface area (Å²) in [6.45, 7) is 72.0. The number of pyridine rings is 6. The monoisotopic (exact) mass is 2230 g/mol. The summed E-state index contributed by atoms with van der Waals surface area (Å²) in [6, 6.07) is 43.2. The summed E-state index contributed by atoms with van der Waals surface area (Å²) in [5.74, 6) is -0.510. The Morgan fingerprint density at radius 3 is 0.944 bits per heavy atom. The van der Waals surface area contributed by atoms with Gasteiger partial charge in [-0.3, -0.25) is 24.3 Å². The third kappa shape index (κ3) is 56.9. The maximum Gasteiger partial charge on any atom is 0 e. The van der Waals surface area contributed by atoms with Crippen molar-refractivity contribution in [2.75, 3.05) is 0 Å². The molecule has 0 aliphatic carbocycles. The Balaban J connectivity index is -0.0000000796. The van der Waals surface area contributed by atoms with Crippen LogP contribution >= 0.6 is 19.1 Å². The third-order valence-corrected chi connectivity index (χ3v) is 9.87. The molecule has 22 nitrogen and oxygen atoms in total. The number of benzene rings is 4. The number of fused-ring (bicyclic) bond motifs is 3. The van der Waals surface area contributed by atoms with Gasteiger partial charge >= 0.3 is 255 Å². The van der Waals surface area contributed by atoms with Gasteiger partial charge in [0.15, 0.2) is 0 Å². The van der Waals surface area contributed by atoms with Gasteiger partial charge in [0.2, 0.25) is 0 Å². The molecule has 0 fully saturated rings. The van der Waals surface area contributed by atoms with E-state index in [2.05, 4.69) is 148 Å². The van der Waals surface area contributed by atoms with E-state index in [1.165, 1.54) is 66.7 Å². The molecular formula is C69H31Cl2F11N6O16Re4-2. The molecule has 554 valence electrons. The van der Waals surface area contributed by atoms with Gasteiger partial charge in [0.1, 0.15) is 5.82 Å². The van der Waals surface area contributed by atoms with Crippen LogP contribution < -0.4 is 0 Å². The van der Waals surface area contributed by atoms with Crippen LogP contribution in [0.3, 0.4) is 0 Å². The minimum absolute atomic E-state index is 0. The first-order valence-corrected chi connectivity index (χ1v) is 30.8. The van der Waals surface area contributed by atoms with E-state index >= 15 is 0 Å². The predicted octanol–water partition coefficient (Wildman–Crippen LogP) is 15.8. The standard InChI is InChI=1S/C18H11FN2.C12H6F6N2.C12H7F3N.C11H7FN.16CO.2ClH.4Re/c19-14-6-3-12(4-7-14)15-9-11-21-18-16(15)8-5-13-2-1-10-20-17(13)18;13-11(14,15)7-1-3-19-9(5-7)10-6-8(2-4-20-10)12(16,17)18;13-12(14,15)10-6-4-9(5-7-10)11-3-1-2-8-16-11;12-10-6-4-9(5-7-10)11-3-1-2-8-13-11;16*1-2;;;;;;/h1-11H;1-6H;1-4,6-8H;1-4,6-8H;;;;;;;;;;;;;;;;;2*1H;;;;/q;;2*-1;;;;;;;;;;;;;;;;;;;;;2*+1/p-2. The van der Waals surface area contributed by atoms with Gasteiger partial charge in [0.05, 0.1) is 33.5 Å². The van der Waals surface area contributed by atoms with E-state index in [9.17, 15) is 48.3 Å². The second kappa shape index (κ2) is 93.7. The fourth-order valence-electron chi connectivity index (χ4n) is 6.50. The van der Waals surface area contributed by atoms with Gasteiger partial charge in [-0.2, -0.15) is 39.5 Å². The van der Waals surface area contributed by atoms with Crippen LogP contribution in [0.1, 0.15) is 16.7 Å². The number of hydrogen-bond donors (Lipinski definition) is 0. The van der Waals surface area contributed by atoms with Crippen molar-refractivity contribution in [2.45, 2.75) is 18.5 Å². The van der Waals surface area contributed by atoms with E-state index in [0.29, 0.717) is 23.4 Å². The van der Waals surface area contributed by atoms with Gasteiger partial charge in [-0.15, -0.1) is 59.7 Å². The van der Waals surface area contributed by atoms with Crippen LogP contribution in [0.5, 0.6) is 0 Å². The fraction of sp³-hybridized carbons (Fsp3) is 0.0435. The number of halogens is 13. The molecule has 39 heteroatoms. The zero-order valence-electron chi connectivity index (χ0n) is 52.5. The molecule has 6 heterocycles. The SMILES string of the molecule is FC(F)(F)c1c[c-]c(-c2ccccn2)cc1.FC(F)(F)c1ccnc(-c2cc(C(F)(F)F)ccn2)c1.Fc1c[c-]c(-c2ccccn2)cc1.Fc1ccc(-c2ccnc3c2ccc2cccnc23)cc1.[C-]#[O+].[C-]#[O+].[C-]#[O+].[C-]#[O+].[C-]#[O+].[C-]#[O+].[C-]#[O+].[C-]#[O+].[C-]#[O+].[C-]#[O+].[C-]#[O+].[C-]#[O+].[C-]#[O+].[C-]#[O+].[C-]#[O+].[C-]#[O+].[Cl][Re].[Cl][Re].[Re].[Re]. The van der Waals surface area contributed by atoms with Crippen LogP contribution in [0.15, 0.2) is 189 Å². The van der Waals surface area contributed by atoms with Crippen molar-refractivity contribution < 1.29 is 200 Å². The number of aromatic nitrogens is 6. The largest absolute Gasteiger partial charge is 0 e. The fourth-order valence-corrected chi connectivity index (χ4v) is 6.50. The first-order chi connectivity index (χ1) is 51.4. The molecule has 10 rings (SSSR count). The van der Waals surface area contributed by atoms with Crippen molar-refractivity contribution in [3.63, 3.8) is 0 Å². The van der Waals surface area contributed by atoms with Crippen LogP contribution in [0, 0.1) is 130 Å². The molecule has 2 radical (unpaired) electrons. The van der Waals surface area contributed by atoms with Gasteiger partial charge in [-0.25, -0.2) is 4.39 Å². The summed E-state index contributed by atoms with van der Waals surface area (Å²) in [6.07, 6.45) is -4.94. The average molecular weight is 2220 g/mol. The van der Waals surface area contributed by atoms with Crippen LogP contribution in [-0.4, -0.2) is 29.9 Å². The van der Waals surface area contributed by atoms with Crippen molar-refractivity contribution >= 4 is 40.9 Å². The second-order valence-corrected chi connectivity index (χ2v) is 14.6. The summed E-state index contributed by atoms with van der Waals surface area (Å²) < 4.78 is 258. The quantitative estimate of drug-likeness (QED) is 0.0712. The Labute approximate surface area is 665 Å². The molecule has 0 amide bonds. The van der Waals surface area contributed by atoms with Gasteiger partial charge < -0.3 is 9.97 Å². The maximum atomic E-state index is 13.1. The predicted molar refractivity (Wildman–Crippen MR) is 316 cm³/mol.